The highest BCUT2D eigenvalue weighted by Gasteiger charge is 2.46. The Hall–Kier alpha value is -3.63. The maximum atomic E-state index is 13.2. The number of H-pyrrole nitrogens is 2. The van der Waals surface area contributed by atoms with Crippen LogP contribution in [0.1, 0.15) is 50.6 Å². The van der Waals surface area contributed by atoms with Crippen molar-refractivity contribution in [2.24, 2.45) is 9.98 Å². The van der Waals surface area contributed by atoms with Gasteiger partial charge in [-0.25, -0.2) is 4.99 Å². The highest BCUT2D eigenvalue weighted by molar-refractivity contribution is 6.10. The molecule has 0 aromatic carbocycles. The second-order valence-electron chi connectivity index (χ2n) is 8.92. The number of carbonyl (C=O) groups is 1. The van der Waals surface area contributed by atoms with E-state index in [0.29, 0.717) is 29.3 Å². The minimum atomic E-state index is -0.742. The number of hydrogen-bond donors (Lipinski definition) is 4. The van der Waals surface area contributed by atoms with E-state index in [-0.39, 0.29) is 5.91 Å². The number of amides is 1. The van der Waals surface area contributed by atoms with Gasteiger partial charge in [-0.2, -0.15) is 15.2 Å². The topological polar surface area (TPSA) is 130 Å². The predicted octanol–water partition coefficient (Wildman–Crippen LogP) is 2.00. The Balaban J connectivity index is 1.31. The summed E-state index contributed by atoms with van der Waals surface area (Å²) in [6.07, 6.45) is 8.70. The zero-order chi connectivity index (χ0) is 21.7. The first-order valence-corrected chi connectivity index (χ1v) is 11.2. The molecule has 0 bridgehead atoms. The van der Waals surface area contributed by atoms with E-state index in [9.17, 15) is 4.79 Å². The fourth-order valence-corrected chi connectivity index (χ4v) is 4.61. The van der Waals surface area contributed by atoms with E-state index < -0.39 is 5.54 Å². The smallest absolute Gasteiger partial charge is 0.251 e. The van der Waals surface area contributed by atoms with Crippen molar-refractivity contribution in [2.45, 2.75) is 50.5 Å². The molecule has 1 saturated carbocycles. The van der Waals surface area contributed by atoms with Crippen LogP contribution in [-0.4, -0.2) is 66.6 Å². The third-order valence-corrected chi connectivity index (χ3v) is 6.61. The molecule has 11 heteroatoms. The van der Waals surface area contributed by atoms with Crippen LogP contribution >= 0.6 is 0 Å². The van der Waals surface area contributed by atoms with E-state index >= 15 is 0 Å². The lowest BCUT2D eigenvalue weighted by Crippen LogP contribution is -2.60. The van der Waals surface area contributed by atoms with Crippen molar-refractivity contribution < 1.29 is 4.79 Å². The van der Waals surface area contributed by atoms with E-state index in [2.05, 4.69) is 42.2 Å². The molecule has 0 radical (unpaired) electrons. The summed E-state index contributed by atoms with van der Waals surface area (Å²) in [6, 6.07) is 3.75. The number of anilines is 1. The molecule has 0 spiro atoms. The van der Waals surface area contributed by atoms with Crippen molar-refractivity contribution in [3.05, 3.63) is 35.8 Å². The van der Waals surface area contributed by atoms with Gasteiger partial charge in [0, 0.05) is 36.8 Å². The lowest BCUT2D eigenvalue weighted by Gasteiger charge is -2.40. The van der Waals surface area contributed by atoms with Crippen LogP contribution in [0.3, 0.4) is 0 Å². The average Bonchev–Trinajstić information content (AvgIpc) is 3.22. The Morgan fingerprint density at radius 1 is 1.31 bits per heavy atom. The molecule has 3 aliphatic heterocycles. The maximum Gasteiger partial charge on any atom is 0.251 e. The largest absolute Gasteiger partial charge is 0.327 e. The fraction of sp³-hybridized carbons (Fsp3) is 0.476. The van der Waals surface area contributed by atoms with Gasteiger partial charge in [0.2, 0.25) is 5.96 Å². The van der Waals surface area contributed by atoms with E-state index in [1.807, 2.05) is 17.9 Å². The molecule has 2 fully saturated rings. The number of nitrogens with one attached hydrogen (secondary N) is 4. The zero-order valence-electron chi connectivity index (χ0n) is 17.9. The number of aliphatic imine (C=N–C) groups is 2. The maximum absolute atomic E-state index is 13.2. The molecule has 1 aliphatic carbocycles. The number of aromatic nitrogens is 4. The van der Waals surface area contributed by atoms with Crippen LogP contribution in [0.15, 0.2) is 40.1 Å². The van der Waals surface area contributed by atoms with Gasteiger partial charge in [0.25, 0.3) is 5.91 Å². The fourth-order valence-electron chi connectivity index (χ4n) is 4.61. The number of guanidine groups is 1. The Kier molecular flexibility index (Phi) is 4.30. The molecule has 2 aromatic heterocycles. The molecular formula is C21H26N10O. The molecule has 11 nitrogen and oxygen atoms in total. The Labute approximate surface area is 185 Å². The third kappa shape index (κ3) is 3.24. The number of amidine groups is 1. The monoisotopic (exact) mass is 434 g/mol. The molecule has 1 atom stereocenters. The van der Waals surface area contributed by atoms with Gasteiger partial charge < -0.3 is 10.2 Å². The summed E-state index contributed by atoms with van der Waals surface area (Å²) in [7, 11) is 0. The van der Waals surface area contributed by atoms with Gasteiger partial charge in [-0.05, 0) is 39.0 Å². The first-order chi connectivity index (χ1) is 15.6. The van der Waals surface area contributed by atoms with Crippen LogP contribution in [0, 0.1) is 0 Å². The molecule has 5 heterocycles. The second-order valence-corrected chi connectivity index (χ2v) is 8.92. The molecule has 0 unspecified atom stereocenters. The highest BCUT2D eigenvalue weighted by atomic mass is 16.2. The number of aromatic amines is 2. The van der Waals surface area contributed by atoms with E-state index in [1.54, 1.807) is 12.3 Å². The van der Waals surface area contributed by atoms with Crippen LogP contribution in [0.25, 0.3) is 0 Å². The van der Waals surface area contributed by atoms with E-state index in [0.717, 1.165) is 43.7 Å². The number of rotatable bonds is 4. The molecule has 4 aliphatic rings. The summed E-state index contributed by atoms with van der Waals surface area (Å²) in [4.78, 5) is 24.9. The van der Waals surface area contributed by atoms with Gasteiger partial charge in [-0.1, -0.05) is 6.08 Å². The first kappa shape index (κ1) is 19.1. The Bertz CT molecular complexity index is 1130. The lowest BCUT2D eigenvalue weighted by molar-refractivity contribution is -0.124. The van der Waals surface area contributed by atoms with Crippen molar-refractivity contribution in [3.63, 3.8) is 0 Å². The normalized spacial score (nSPS) is 26.1. The van der Waals surface area contributed by atoms with Crippen molar-refractivity contribution >= 4 is 29.3 Å². The van der Waals surface area contributed by atoms with Crippen LogP contribution < -0.4 is 10.7 Å². The molecule has 1 amide bonds. The van der Waals surface area contributed by atoms with E-state index in [1.165, 1.54) is 12.8 Å². The van der Waals surface area contributed by atoms with Gasteiger partial charge in [-0.3, -0.25) is 25.4 Å². The molecule has 32 heavy (non-hydrogen) atoms. The average molecular weight is 435 g/mol. The van der Waals surface area contributed by atoms with Crippen molar-refractivity contribution in [3.8, 4) is 0 Å². The summed E-state index contributed by atoms with van der Waals surface area (Å²) < 4.78 is 0. The van der Waals surface area contributed by atoms with Crippen LogP contribution in [0.2, 0.25) is 0 Å². The standard InChI is InChI=1S/C21H26N10O/c1-21(19(32)24-16-7-9-22-27-16)8-3-10-30(21)20-25-18(15-4-2-11-31(15)29-20)23-17-12-14(26-28-17)13-5-6-13/h4,7,9,12-13H,2-3,5-6,8,10-11H2,1H3,(H2,22,24,27,32)(H2,23,25,26,28,29)/t21-/m0/s1. The lowest BCUT2D eigenvalue weighted by atomic mass is 9.98. The van der Waals surface area contributed by atoms with Crippen LogP contribution in [-0.2, 0) is 4.79 Å². The SMILES string of the molecule is C[C@@]1(C(=O)Nc2ccn[nH]2)CCCN1C1=NC(=Nc2cc(C3CC3)[nH]n2)C2=CCCN2N1. The number of carbonyl (C=O) groups excluding carboxylic acids is 1. The van der Waals surface area contributed by atoms with Gasteiger partial charge in [-0.15, -0.1) is 0 Å². The quantitative estimate of drug-likeness (QED) is 0.582. The first-order valence-electron chi connectivity index (χ1n) is 11.2. The summed E-state index contributed by atoms with van der Waals surface area (Å²) in [5.74, 6) is 2.98. The van der Waals surface area contributed by atoms with Gasteiger partial charge in [0.15, 0.2) is 11.7 Å². The highest BCUT2D eigenvalue weighted by Crippen LogP contribution is 2.40. The number of likely N-dealkylation sites (tertiary alicyclic amines) is 1. The number of hydrogen-bond acceptors (Lipinski definition) is 7. The molecule has 166 valence electrons. The number of fused-ring (bicyclic) bond motifs is 1. The van der Waals surface area contributed by atoms with Gasteiger partial charge in [0.05, 0.1) is 11.9 Å². The summed E-state index contributed by atoms with van der Waals surface area (Å²) in [5, 5.41) is 19.2. The van der Waals surface area contributed by atoms with Crippen LogP contribution in [0.5, 0.6) is 0 Å². The molecule has 2 aromatic rings. The summed E-state index contributed by atoms with van der Waals surface area (Å²) >= 11 is 0. The summed E-state index contributed by atoms with van der Waals surface area (Å²) in [6.45, 7) is 3.51. The second kappa shape index (κ2) is 7.21. The zero-order valence-corrected chi connectivity index (χ0v) is 17.9. The minimum Gasteiger partial charge on any atom is -0.327 e. The predicted molar refractivity (Wildman–Crippen MR) is 119 cm³/mol. The molecule has 6 rings (SSSR count). The third-order valence-electron chi connectivity index (χ3n) is 6.61. The Morgan fingerprint density at radius 3 is 3.03 bits per heavy atom. The van der Waals surface area contributed by atoms with E-state index in [4.69, 9.17) is 9.98 Å². The van der Waals surface area contributed by atoms with Gasteiger partial charge in [0.1, 0.15) is 11.4 Å². The number of hydrazine groups is 1. The molecule has 1 saturated heterocycles. The van der Waals surface area contributed by atoms with Crippen molar-refractivity contribution in [1.82, 2.24) is 35.7 Å². The van der Waals surface area contributed by atoms with Gasteiger partial charge >= 0.3 is 0 Å². The molecular weight excluding hydrogens is 408 g/mol. The number of nitrogens with zero attached hydrogens (tertiary/aromatic N) is 6. The Morgan fingerprint density at radius 2 is 2.22 bits per heavy atom. The minimum absolute atomic E-state index is 0.0913. The molecule has 4 N–H and O–H groups in total. The van der Waals surface area contributed by atoms with Crippen LogP contribution in [0.4, 0.5) is 11.6 Å². The summed E-state index contributed by atoms with van der Waals surface area (Å²) in [5.41, 5.74) is 4.76. The van der Waals surface area contributed by atoms with Crippen molar-refractivity contribution in [2.75, 3.05) is 18.4 Å². The van der Waals surface area contributed by atoms with Crippen molar-refractivity contribution in [1.29, 1.82) is 0 Å².